The third kappa shape index (κ3) is 4.76. The van der Waals surface area contributed by atoms with E-state index in [0.29, 0.717) is 4.60 Å². The molecule has 1 rings (SSSR count). The van der Waals surface area contributed by atoms with Crippen molar-refractivity contribution in [2.24, 2.45) is 0 Å². The van der Waals surface area contributed by atoms with Gasteiger partial charge in [-0.15, -0.1) is 0 Å². The summed E-state index contributed by atoms with van der Waals surface area (Å²) in [6, 6.07) is 3.19. The fourth-order valence-electron chi connectivity index (χ4n) is 0.530. The van der Waals surface area contributed by atoms with Crippen LogP contribution in [-0.2, 0) is 0 Å². The number of rotatable bonds is 3. The van der Waals surface area contributed by atoms with Crippen LogP contribution in [0.1, 0.15) is 0 Å². The zero-order valence-electron chi connectivity index (χ0n) is 5.88. The smallest absolute Gasteiger partial charge is 0.257 e. The first-order chi connectivity index (χ1) is 6.09. The number of hydrogen-bond donors (Lipinski definition) is 0. The van der Waals surface area contributed by atoms with E-state index in [4.69, 9.17) is 4.18 Å². The van der Waals surface area contributed by atoms with Crippen LogP contribution in [0.25, 0.3) is 0 Å². The molecule has 1 heterocycles. The predicted molar refractivity (Wildman–Crippen MR) is 75.1 cm³/mol. The van der Waals surface area contributed by atoms with Gasteiger partial charge < -0.3 is 4.18 Å². The molecule has 1 aromatic heterocycles. The van der Waals surface area contributed by atoms with Gasteiger partial charge in [0.15, 0.2) is 5.75 Å². The van der Waals surface area contributed by atoms with Crippen molar-refractivity contribution >= 4 is 74.1 Å². The normalized spacial score (nSPS) is 10.5. The van der Waals surface area contributed by atoms with Crippen LogP contribution in [0.2, 0.25) is 0 Å². The van der Waals surface area contributed by atoms with E-state index in [1.807, 2.05) is 0 Å². The Hall–Kier alpha value is 1.60. The number of hydrogen-bond acceptors (Lipinski definition) is 3. The molecule has 0 amide bonds. The molecule has 1 aromatic rings. The number of halogens is 4. The van der Waals surface area contributed by atoms with Gasteiger partial charge in [0.25, 0.3) is 5.95 Å². The molecule has 0 aliphatic heterocycles. The van der Waals surface area contributed by atoms with E-state index in [0.717, 1.165) is 0 Å². The van der Waals surface area contributed by atoms with Crippen molar-refractivity contribution in [1.82, 2.24) is 4.98 Å². The summed E-state index contributed by atoms with van der Waals surface area (Å²) in [7, 11) is 0. The lowest BCUT2D eigenvalue weighted by atomic mass is 10.5. The molecule has 72 valence electrons. The first-order valence-corrected chi connectivity index (χ1v) is 11.9. The Kier molecular flexibility index (Phi) is 6.08. The third-order valence-electron chi connectivity index (χ3n) is 0.964. The van der Waals surface area contributed by atoms with Crippen LogP contribution >= 0.6 is 74.1 Å². The van der Waals surface area contributed by atoms with E-state index in [2.05, 4.69) is 65.0 Å². The minimum atomic E-state index is -0.591. The van der Waals surface area contributed by atoms with Gasteiger partial charge in [-0.3, -0.25) is 0 Å². The molecule has 0 unspecified atom stereocenters. The Balaban J connectivity index is 2.67. The molecule has 0 aliphatic rings. The van der Waals surface area contributed by atoms with E-state index in [-0.39, 0.29) is 8.16 Å². The summed E-state index contributed by atoms with van der Waals surface area (Å²) in [5, 5.41) is 0. The van der Waals surface area contributed by atoms with Crippen LogP contribution in [0.3, 0.4) is 0 Å². The zero-order chi connectivity index (χ0) is 9.84. The molecule has 8 heteroatoms. The molecule has 0 aromatic carbocycles. The highest BCUT2D eigenvalue weighted by molar-refractivity contribution is 14.3. The molecular formula is C5H2BrFI2NOPS. The lowest BCUT2D eigenvalue weighted by Gasteiger charge is -2.04. The highest BCUT2D eigenvalue weighted by Gasteiger charge is 2.08. The molecule has 0 saturated heterocycles. The molecule has 0 spiro atoms. The molecule has 0 radical (unpaired) electrons. The van der Waals surface area contributed by atoms with Gasteiger partial charge in [-0.05, 0) is 72.1 Å². The third-order valence-corrected chi connectivity index (χ3v) is 5.23. The van der Waals surface area contributed by atoms with Crippen LogP contribution in [0.4, 0.5) is 4.39 Å². The standard InChI is InChI=1S/C5H2BrFI2NOPS/c6-4-2-1-3(5(7)10-4)11-13-12(8)9/h1-2H. The van der Waals surface area contributed by atoms with Crippen LogP contribution in [0, 0.1) is 5.95 Å². The Morgan fingerprint density at radius 3 is 2.77 bits per heavy atom. The Labute approximate surface area is 115 Å². The summed E-state index contributed by atoms with van der Waals surface area (Å²) in [5.41, 5.74) is 0. The molecule has 0 fully saturated rings. The molecular weight excluding hydrogens is 506 g/mol. The summed E-state index contributed by atoms with van der Waals surface area (Å²) in [4.78, 5) is 3.57. The van der Waals surface area contributed by atoms with Gasteiger partial charge in [-0.1, -0.05) is 0 Å². The van der Waals surface area contributed by atoms with Crippen LogP contribution in [-0.4, -0.2) is 4.98 Å². The summed E-state index contributed by atoms with van der Waals surface area (Å²) in [5.74, 6) is -0.416. The lowest BCUT2D eigenvalue weighted by molar-refractivity contribution is 0.513. The predicted octanol–water partition coefficient (Wildman–Crippen LogP) is 5.11. The van der Waals surface area contributed by atoms with Gasteiger partial charge in [0, 0.05) is 0 Å². The van der Waals surface area contributed by atoms with Crippen LogP contribution in [0.15, 0.2) is 16.7 Å². The van der Waals surface area contributed by atoms with Gasteiger partial charge in [0.1, 0.15) is 18.7 Å². The SMILES string of the molecule is Fc1nc(Br)ccc1OSP(I)I. The van der Waals surface area contributed by atoms with Gasteiger partial charge in [0.05, 0.1) is 0 Å². The molecule has 2 nitrogen and oxygen atoms in total. The number of nitrogens with zero attached hydrogens (tertiary/aromatic N) is 1. The Bertz CT molecular complexity index is 306. The van der Waals surface area contributed by atoms with Crippen LogP contribution in [0.5, 0.6) is 5.75 Å². The maximum absolute atomic E-state index is 13.0. The molecule has 0 atom stereocenters. The van der Waals surface area contributed by atoms with Crippen molar-refractivity contribution < 1.29 is 8.57 Å². The fourth-order valence-corrected chi connectivity index (χ4v) is 2.94. The van der Waals surface area contributed by atoms with E-state index in [1.54, 1.807) is 12.1 Å². The summed E-state index contributed by atoms with van der Waals surface area (Å²) in [6.07, 6.45) is 0. The minimum Gasteiger partial charge on any atom is -0.415 e. The highest BCUT2D eigenvalue weighted by atomic mass is 127. The topological polar surface area (TPSA) is 22.1 Å². The summed E-state index contributed by atoms with van der Waals surface area (Å²) >= 11 is 8.76. The average molecular weight is 508 g/mol. The van der Waals surface area contributed by atoms with Gasteiger partial charge in [-0.2, -0.15) is 4.39 Å². The second-order valence-corrected chi connectivity index (χ2v) is 20.1. The zero-order valence-corrected chi connectivity index (χ0v) is 13.5. The maximum Gasteiger partial charge on any atom is 0.257 e. The first-order valence-electron chi connectivity index (χ1n) is 2.88. The Morgan fingerprint density at radius 1 is 1.54 bits per heavy atom. The first kappa shape index (κ1) is 12.7. The highest BCUT2D eigenvalue weighted by Crippen LogP contribution is 2.64. The monoisotopic (exact) mass is 507 g/mol. The Morgan fingerprint density at radius 2 is 2.23 bits per heavy atom. The number of pyridine rings is 1. The second kappa shape index (κ2) is 6.24. The van der Waals surface area contributed by atoms with Crippen molar-refractivity contribution in [2.45, 2.75) is 0 Å². The summed E-state index contributed by atoms with van der Waals surface area (Å²) < 4.78 is 18.3. The molecule has 0 saturated carbocycles. The van der Waals surface area contributed by atoms with E-state index >= 15 is 0 Å². The largest absolute Gasteiger partial charge is 0.415 e. The van der Waals surface area contributed by atoms with E-state index in [9.17, 15) is 4.39 Å². The average Bonchev–Trinajstić information content (AvgIpc) is 2.02. The van der Waals surface area contributed by atoms with Crippen molar-refractivity contribution in [3.8, 4) is 5.75 Å². The minimum absolute atomic E-state index is 0.175. The molecule has 0 bridgehead atoms. The molecule has 0 N–H and O–H groups in total. The van der Waals surface area contributed by atoms with Crippen molar-refractivity contribution in [1.29, 1.82) is 0 Å². The lowest BCUT2D eigenvalue weighted by Crippen LogP contribution is -1.88. The second-order valence-electron chi connectivity index (χ2n) is 1.78. The van der Waals surface area contributed by atoms with E-state index < -0.39 is 5.95 Å². The summed E-state index contributed by atoms with van der Waals surface area (Å²) in [6.45, 7) is 0. The molecule has 13 heavy (non-hydrogen) atoms. The van der Waals surface area contributed by atoms with Crippen molar-refractivity contribution in [3.05, 3.63) is 22.7 Å². The number of aromatic nitrogens is 1. The van der Waals surface area contributed by atoms with E-state index in [1.165, 1.54) is 11.7 Å². The van der Waals surface area contributed by atoms with Gasteiger partial charge >= 0.3 is 0 Å². The van der Waals surface area contributed by atoms with Crippen molar-refractivity contribution in [2.75, 3.05) is 0 Å². The van der Waals surface area contributed by atoms with Crippen molar-refractivity contribution in [3.63, 3.8) is 0 Å². The fraction of sp³-hybridized carbons (Fsp3) is 0. The molecule has 0 aliphatic carbocycles. The van der Waals surface area contributed by atoms with Gasteiger partial charge in [-0.25, -0.2) is 4.98 Å². The van der Waals surface area contributed by atoms with Crippen LogP contribution < -0.4 is 4.18 Å². The van der Waals surface area contributed by atoms with Gasteiger partial charge in [0.2, 0.25) is 0 Å². The quantitative estimate of drug-likeness (QED) is 0.246. The maximum atomic E-state index is 13.0.